The molecule has 1 amide bonds. The van der Waals surface area contributed by atoms with E-state index in [9.17, 15) is 9.90 Å². The lowest BCUT2D eigenvalue weighted by atomic mass is 9.82. The Morgan fingerprint density at radius 2 is 1.95 bits per heavy atom. The van der Waals surface area contributed by atoms with Crippen LogP contribution in [0.25, 0.3) is 0 Å². The Kier molecular flexibility index (Phi) is 4.04. The van der Waals surface area contributed by atoms with Crippen LogP contribution in [0.4, 0.5) is 0 Å². The molecule has 1 aliphatic rings. The van der Waals surface area contributed by atoms with Crippen molar-refractivity contribution in [2.24, 2.45) is 5.92 Å². The number of carbonyl (C=O) groups is 1. The van der Waals surface area contributed by atoms with Gasteiger partial charge in [0.2, 0.25) is 0 Å². The predicted molar refractivity (Wildman–Crippen MR) is 77.9 cm³/mol. The van der Waals surface area contributed by atoms with Crippen LogP contribution < -0.4 is 4.74 Å². The second kappa shape index (κ2) is 5.44. The minimum Gasteiger partial charge on any atom is -0.491 e. The lowest BCUT2D eigenvalue weighted by molar-refractivity contribution is -0.110. The number of β-amino-alcohol motifs (C(OH)–C–C–N with tert-alkyl or cyclic N) is 1. The molecule has 4 nitrogen and oxygen atoms in total. The zero-order chi connectivity index (χ0) is 14.9. The van der Waals surface area contributed by atoms with Crippen molar-refractivity contribution >= 4 is 5.91 Å². The smallest absolute Gasteiger partial charge is 0.254 e. The van der Waals surface area contributed by atoms with E-state index in [-0.39, 0.29) is 17.9 Å². The van der Waals surface area contributed by atoms with Gasteiger partial charge in [-0.25, -0.2) is 0 Å². The molecule has 1 aliphatic heterocycles. The van der Waals surface area contributed by atoms with E-state index >= 15 is 0 Å². The van der Waals surface area contributed by atoms with Gasteiger partial charge in [-0.05, 0) is 38.0 Å². The maximum absolute atomic E-state index is 12.3. The molecule has 0 aromatic heterocycles. The molecule has 1 aromatic carbocycles. The van der Waals surface area contributed by atoms with E-state index in [2.05, 4.69) is 0 Å². The molecule has 4 heteroatoms. The summed E-state index contributed by atoms with van der Waals surface area (Å²) in [4.78, 5) is 14.0. The largest absolute Gasteiger partial charge is 0.491 e. The Morgan fingerprint density at radius 3 is 2.50 bits per heavy atom. The fourth-order valence-electron chi connectivity index (χ4n) is 2.28. The quantitative estimate of drug-likeness (QED) is 0.919. The Hall–Kier alpha value is -1.55. The zero-order valence-electron chi connectivity index (χ0n) is 12.6. The third-order valence-electron chi connectivity index (χ3n) is 3.74. The molecule has 1 aromatic rings. The third kappa shape index (κ3) is 2.96. The van der Waals surface area contributed by atoms with E-state index in [1.54, 1.807) is 17.0 Å². The number of likely N-dealkylation sites (tertiary alicyclic amines) is 1. The highest BCUT2D eigenvalue weighted by atomic mass is 16.5. The van der Waals surface area contributed by atoms with Crippen LogP contribution >= 0.6 is 0 Å². The van der Waals surface area contributed by atoms with Crippen molar-refractivity contribution in [1.82, 2.24) is 4.90 Å². The number of ether oxygens (including phenoxy) is 1. The minimum atomic E-state index is -0.734. The standard InChI is InChI=1S/C16H23NO3/c1-11(2)16(19)9-17(10-16)15(18)13-6-5-7-14(8-13)20-12(3)4/h5-8,11-12,19H,9-10H2,1-4H3. The topological polar surface area (TPSA) is 49.8 Å². The molecule has 20 heavy (non-hydrogen) atoms. The Balaban J connectivity index is 2.04. The van der Waals surface area contributed by atoms with Crippen molar-refractivity contribution in [2.45, 2.75) is 39.4 Å². The molecule has 1 N–H and O–H groups in total. The summed E-state index contributed by atoms with van der Waals surface area (Å²) in [5.41, 5.74) is -0.129. The highest BCUT2D eigenvalue weighted by Crippen LogP contribution is 2.30. The second-order valence-electron chi connectivity index (χ2n) is 6.11. The highest BCUT2D eigenvalue weighted by molar-refractivity contribution is 5.95. The van der Waals surface area contributed by atoms with E-state index in [1.165, 1.54) is 0 Å². The Morgan fingerprint density at radius 1 is 1.30 bits per heavy atom. The van der Waals surface area contributed by atoms with Crippen LogP contribution in [-0.2, 0) is 0 Å². The first-order valence-corrected chi connectivity index (χ1v) is 7.10. The van der Waals surface area contributed by atoms with Crippen LogP contribution in [0.2, 0.25) is 0 Å². The van der Waals surface area contributed by atoms with Gasteiger partial charge in [-0.15, -0.1) is 0 Å². The summed E-state index contributed by atoms with van der Waals surface area (Å²) >= 11 is 0. The SMILES string of the molecule is CC(C)Oc1cccc(C(=O)N2CC(O)(C(C)C)C2)c1. The van der Waals surface area contributed by atoms with Gasteiger partial charge in [-0.2, -0.15) is 0 Å². The van der Waals surface area contributed by atoms with E-state index in [0.29, 0.717) is 24.4 Å². The van der Waals surface area contributed by atoms with E-state index < -0.39 is 5.60 Å². The third-order valence-corrected chi connectivity index (χ3v) is 3.74. The van der Waals surface area contributed by atoms with Crippen molar-refractivity contribution in [3.8, 4) is 5.75 Å². The summed E-state index contributed by atoms with van der Waals surface area (Å²) in [5, 5.41) is 10.2. The van der Waals surface area contributed by atoms with Crippen LogP contribution in [-0.4, -0.2) is 40.7 Å². The summed E-state index contributed by atoms with van der Waals surface area (Å²) in [6.07, 6.45) is 0.0791. The van der Waals surface area contributed by atoms with Crippen LogP contribution in [0.1, 0.15) is 38.1 Å². The molecule has 0 atom stereocenters. The second-order valence-corrected chi connectivity index (χ2v) is 6.11. The van der Waals surface area contributed by atoms with Crippen molar-refractivity contribution in [3.63, 3.8) is 0 Å². The summed E-state index contributed by atoms with van der Waals surface area (Å²) in [5.74, 6) is 0.803. The van der Waals surface area contributed by atoms with Gasteiger partial charge >= 0.3 is 0 Å². The van der Waals surface area contributed by atoms with E-state index in [1.807, 2.05) is 39.8 Å². The molecule has 110 valence electrons. The zero-order valence-corrected chi connectivity index (χ0v) is 12.6. The van der Waals surface area contributed by atoms with Crippen molar-refractivity contribution in [2.75, 3.05) is 13.1 Å². The first-order chi connectivity index (χ1) is 9.32. The van der Waals surface area contributed by atoms with Gasteiger partial charge in [0.15, 0.2) is 0 Å². The lowest BCUT2D eigenvalue weighted by Gasteiger charge is -2.49. The average Bonchev–Trinajstić information content (AvgIpc) is 2.33. The summed E-state index contributed by atoms with van der Waals surface area (Å²) in [6, 6.07) is 7.20. The highest BCUT2D eigenvalue weighted by Gasteiger charge is 2.45. The van der Waals surface area contributed by atoms with Gasteiger partial charge in [-0.1, -0.05) is 19.9 Å². The molecule has 0 unspecified atom stereocenters. The first kappa shape index (κ1) is 14.9. The number of hydrogen-bond acceptors (Lipinski definition) is 3. The monoisotopic (exact) mass is 277 g/mol. The van der Waals surface area contributed by atoms with Crippen LogP contribution in [0.5, 0.6) is 5.75 Å². The fraction of sp³-hybridized carbons (Fsp3) is 0.562. The number of rotatable bonds is 4. The molecule has 1 heterocycles. The molecular weight excluding hydrogens is 254 g/mol. The summed E-state index contributed by atoms with van der Waals surface area (Å²) < 4.78 is 5.60. The number of aliphatic hydroxyl groups is 1. The van der Waals surface area contributed by atoms with Gasteiger partial charge in [0.25, 0.3) is 5.91 Å². The average molecular weight is 277 g/mol. The fourth-order valence-corrected chi connectivity index (χ4v) is 2.28. The molecular formula is C16H23NO3. The van der Waals surface area contributed by atoms with E-state index in [0.717, 1.165) is 0 Å². The number of carbonyl (C=O) groups excluding carboxylic acids is 1. The van der Waals surface area contributed by atoms with Crippen LogP contribution in [0, 0.1) is 5.92 Å². The molecule has 1 fully saturated rings. The molecule has 0 spiro atoms. The lowest BCUT2D eigenvalue weighted by Crippen LogP contribution is -2.65. The van der Waals surface area contributed by atoms with Crippen molar-refractivity contribution in [1.29, 1.82) is 0 Å². The minimum absolute atomic E-state index is 0.0514. The Bertz CT molecular complexity index is 490. The molecule has 0 saturated carbocycles. The number of hydrogen-bond donors (Lipinski definition) is 1. The predicted octanol–water partition coefficient (Wildman–Crippen LogP) is 2.32. The molecule has 0 radical (unpaired) electrons. The van der Waals surface area contributed by atoms with Crippen LogP contribution in [0.3, 0.4) is 0 Å². The van der Waals surface area contributed by atoms with E-state index in [4.69, 9.17) is 4.74 Å². The van der Waals surface area contributed by atoms with Gasteiger partial charge in [0.05, 0.1) is 19.2 Å². The molecule has 0 aliphatic carbocycles. The van der Waals surface area contributed by atoms with Gasteiger partial charge < -0.3 is 14.7 Å². The Labute approximate surface area is 120 Å². The van der Waals surface area contributed by atoms with Crippen LogP contribution in [0.15, 0.2) is 24.3 Å². The number of nitrogens with zero attached hydrogens (tertiary/aromatic N) is 1. The maximum atomic E-state index is 12.3. The van der Waals surface area contributed by atoms with Gasteiger partial charge in [0, 0.05) is 5.56 Å². The molecule has 0 bridgehead atoms. The number of benzene rings is 1. The normalized spacial score (nSPS) is 17.2. The number of amides is 1. The van der Waals surface area contributed by atoms with Gasteiger partial charge in [-0.3, -0.25) is 4.79 Å². The van der Waals surface area contributed by atoms with Crippen molar-refractivity contribution in [3.05, 3.63) is 29.8 Å². The first-order valence-electron chi connectivity index (χ1n) is 7.10. The summed E-state index contributed by atoms with van der Waals surface area (Å²) in [6.45, 7) is 8.65. The maximum Gasteiger partial charge on any atom is 0.254 e. The molecule has 1 saturated heterocycles. The summed E-state index contributed by atoms with van der Waals surface area (Å²) in [7, 11) is 0. The van der Waals surface area contributed by atoms with Gasteiger partial charge in [0.1, 0.15) is 11.4 Å². The molecule has 2 rings (SSSR count). The van der Waals surface area contributed by atoms with Crippen molar-refractivity contribution < 1.29 is 14.6 Å².